The Bertz CT molecular complexity index is 431. The lowest BCUT2D eigenvalue weighted by molar-refractivity contribution is -0.116. The summed E-state index contributed by atoms with van der Waals surface area (Å²) in [6.45, 7) is 4.76. The summed E-state index contributed by atoms with van der Waals surface area (Å²) in [5.41, 5.74) is 0.277. The maximum atomic E-state index is 11.7. The van der Waals surface area contributed by atoms with E-state index in [2.05, 4.69) is 17.2 Å². The van der Waals surface area contributed by atoms with Crippen LogP contribution in [0.5, 0.6) is 0 Å². The van der Waals surface area contributed by atoms with Crippen molar-refractivity contribution in [1.82, 2.24) is 9.55 Å². The Kier molecular flexibility index (Phi) is 5.92. The molecule has 0 atom stereocenters. The van der Waals surface area contributed by atoms with Crippen molar-refractivity contribution < 1.29 is 4.79 Å². The van der Waals surface area contributed by atoms with Crippen molar-refractivity contribution in [2.45, 2.75) is 52.5 Å². The van der Waals surface area contributed by atoms with Gasteiger partial charge in [-0.25, -0.2) is 4.98 Å². The van der Waals surface area contributed by atoms with E-state index < -0.39 is 0 Å². The van der Waals surface area contributed by atoms with Crippen molar-refractivity contribution in [3.05, 3.63) is 12.0 Å². The van der Waals surface area contributed by atoms with Crippen molar-refractivity contribution in [1.29, 1.82) is 5.26 Å². The van der Waals surface area contributed by atoms with Crippen LogP contribution in [0, 0.1) is 11.3 Å². The molecule has 5 heteroatoms. The van der Waals surface area contributed by atoms with Gasteiger partial charge in [-0.2, -0.15) is 5.26 Å². The number of aromatic nitrogens is 2. The zero-order valence-corrected chi connectivity index (χ0v) is 11.1. The molecule has 0 bridgehead atoms. The largest absolute Gasteiger partial charge is 0.316 e. The van der Waals surface area contributed by atoms with Crippen LogP contribution in [0.3, 0.4) is 0 Å². The van der Waals surface area contributed by atoms with E-state index in [-0.39, 0.29) is 11.6 Å². The molecule has 5 nitrogen and oxygen atoms in total. The standard InChI is InChI=1S/C13H20N4O/c1-3-5-6-7-8-12(18)16-13-11(9-14)15-10-17(13)4-2/h10H,3-8H2,1-2H3,(H,16,18). The van der Waals surface area contributed by atoms with E-state index in [0.29, 0.717) is 18.8 Å². The van der Waals surface area contributed by atoms with Crippen molar-refractivity contribution >= 4 is 11.7 Å². The molecular formula is C13H20N4O. The normalized spacial score (nSPS) is 10.1. The highest BCUT2D eigenvalue weighted by molar-refractivity contribution is 5.90. The highest BCUT2D eigenvalue weighted by atomic mass is 16.1. The molecule has 0 fully saturated rings. The number of carbonyl (C=O) groups is 1. The summed E-state index contributed by atoms with van der Waals surface area (Å²) in [6, 6.07) is 1.99. The van der Waals surface area contributed by atoms with Crippen LogP contribution in [0.2, 0.25) is 0 Å². The van der Waals surface area contributed by atoms with Crippen LogP contribution in [-0.4, -0.2) is 15.5 Å². The Hall–Kier alpha value is -1.83. The van der Waals surface area contributed by atoms with Crippen LogP contribution in [0.15, 0.2) is 6.33 Å². The number of rotatable bonds is 7. The molecule has 0 aromatic carbocycles. The third-order valence-corrected chi connectivity index (χ3v) is 2.80. The molecule has 0 saturated carbocycles. The minimum atomic E-state index is -0.0437. The van der Waals surface area contributed by atoms with Gasteiger partial charge in [0.1, 0.15) is 6.07 Å². The molecule has 1 rings (SSSR count). The smallest absolute Gasteiger partial charge is 0.225 e. The molecule has 1 heterocycles. The molecule has 98 valence electrons. The minimum absolute atomic E-state index is 0.0437. The average molecular weight is 248 g/mol. The second-order valence-corrected chi connectivity index (χ2v) is 4.20. The number of amides is 1. The van der Waals surface area contributed by atoms with E-state index in [9.17, 15) is 4.79 Å². The fourth-order valence-electron chi connectivity index (χ4n) is 1.74. The third-order valence-electron chi connectivity index (χ3n) is 2.80. The van der Waals surface area contributed by atoms with E-state index in [4.69, 9.17) is 5.26 Å². The van der Waals surface area contributed by atoms with E-state index in [1.807, 2.05) is 13.0 Å². The van der Waals surface area contributed by atoms with Gasteiger partial charge in [0.15, 0.2) is 11.5 Å². The second kappa shape index (κ2) is 7.49. The molecule has 0 aliphatic carbocycles. The first kappa shape index (κ1) is 14.2. The topological polar surface area (TPSA) is 70.7 Å². The molecule has 0 unspecified atom stereocenters. The van der Waals surface area contributed by atoms with Gasteiger partial charge in [-0.15, -0.1) is 0 Å². The molecular weight excluding hydrogens is 228 g/mol. The highest BCUT2D eigenvalue weighted by Gasteiger charge is 2.12. The second-order valence-electron chi connectivity index (χ2n) is 4.20. The molecule has 0 saturated heterocycles. The van der Waals surface area contributed by atoms with Crippen LogP contribution < -0.4 is 5.32 Å². The molecule has 18 heavy (non-hydrogen) atoms. The SMILES string of the molecule is CCCCCCC(=O)Nc1c(C#N)ncn1CC. The number of unbranched alkanes of at least 4 members (excludes halogenated alkanes) is 3. The van der Waals surface area contributed by atoms with Crippen LogP contribution in [0.4, 0.5) is 5.82 Å². The number of nitriles is 1. The van der Waals surface area contributed by atoms with E-state index in [1.54, 1.807) is 10.9 Å². The maximum Gasteiger partial charge on any atom is 0.225 e. The van der Waals surface area contributed by atoms with Crippen LogP contribution in [0.1, 0.15) is 51.6 Å². The monoisotopic (exact) mass is 248 g/mol. The number of nitrogens with one attached hydrogen (secondary N) is 1. The Morgan fingerprint density at radius 3 is 2.83 bits per heavy atom. The molecule has 1 amide bonds. The summed E-state index contributed by atoms with van der Waals surface area (Å²) in [6.07, 6.45) is 6.35. The van der Waals surface area contributed by atoms with Gasteiger partial charge in [-0.05, 0) is 13.3 Å². The Morgan fingerprint density at radius 2 is 2.22 bits per heavy atom. The lowest BCUT2D eigenvalue weighted by Crippen LogP contribution is -2.15. The van der Waals surface area contributed by atoms with Gasteiger partial charge in [0.25, 0.3) is 0 Å². The number of nitrogens with zero attached hydrogens (tertiary/aromatic N) is 3. The predicted molar refractivity (Wildman–Crippen MR) is 70.0 cm³/mol. The average Bonchev–Trinajstić information content (AvgIpc) is 2.76. The quantitative estimate of drug-likeness (QED) is 0.754. The number of carbonyl (C=O) groups excluding carboxylic acids is 1. The number of hydrogen-bond donors (Lipinski definition) is 1. The first-order valence-corrected chi connectivity index (χ1v) is 6.48. The fourth-order valence-corrected chi connectivity index (χ4v) is 1.74. The van der Waals surface area contributed by atoms with Crippen molar-refractivity contribution in [2.24, 2.45) is 0 Å². The molecule has 0 radical (unpaired) electrons. The maximum absolute atomic E-state index is 11.7. The van der Waals surface area contributed by atoms with Gasteiger partial charge < -0.3 is 9.88 Å². The number of imidazole rings is 1. The number of hydrogen-bond acceptors (Lipinski definition) is 3. The van der Waals surface area contributed by atoms with Gasteiger partial charge in [-0.1, -0.05) is 26.2 Å². The first-order valence-electron chi connectivity index (χ1n) is 6.48. The summed E-state index contributed by atoms with van der Waals surface area (Å²) in [5, 5.41) is 11.7. The van der Waals surface area contributed by atoms with Crippen LogP contribution in [0.25, 0.3) is 0 Å². The van der Waals surface area contributed by atoms with Gasteiger partial charge in [0, 0.05) is 13.0 Å². The molecule has 1 N–H and O–H groups in total. The molecule has 1 aromatic rings. The summed E-state index contributed by atoms with van der Waals surface area (Å²) in [5.74, 6) is 0.471. The lowest BCUT2D eigenvalue weighted by atomic mass is 10.1. The molecule has 1 aromatic heterocycles. The molecule has 0 aliphatic heterocycles. The van der Waals surface area contributed by atoms with Crippen LogP contribution in [-0.2, 0) is 11.3 Å². The Balaban J connectivity index is 2.53. The zero-order valence-electron chi connectivity index (χ0n) is 11.1. The van der Waals surface area contributed by atoms with Crippen molar-refractivity contribution in [2.75, 3.05) is 5.32 Å². The highest BCUT2D eigenvalue weighted by Crippen LogP contribution is 2.14. The zero-order chi connectivity index (χ0) is 13.4. The van der Waals surface area contributed by atoms with Gasteiger partial charge in [0.2, 0.25) is 5.91 Å². The predicted octanol–water partition coefficient (Wildman–Crippen LogP) is 2.68. The van der Waals surface area contributed by atoms with Gasteiger partial charge in [-0.3, -0.25) is 4.79 Å². The third kappa shape index (κ3) is 3.88. The fraction of sp³-hybridized carbons (Fsp3) is 0.615. The summed E-state index contributed by atoms with van der Waals surface area (Å²) < 4.78 is 1.77. The summed E-state index contributed by atoms with van der Waals surface area (Å²) in [7, 11) is 0. The summed E-state index contributed by atoms with van der Waals surface area (Å²) >= 11 is 0. The van der Waals surface area contributed by atoms with Gasteiger partial charge >= 0.3 is 0 Å². The van der Waals surface area contributed by atoms with Crippen molar-refractivity contribution in [3.63, 3.8) is 0 Å². The first-order chi connectivity index (χ1) is 8.72. The molecule has 0 spiro atoms. The Labute approximate surface area is 108 Å². The summed E-state index contributed by atoms with van der Waals surface area (Å²) in [4.78, 5) is 15.7. The van der Waals surface area contributed by atoms with E-state index in [0.717, 1.165) is 25.7 Å². The minimum Gasteiger partial charge on any atom is -0.316 e. The number of anilines is 1. The number of aryl methyl sites for hydroxylation is 1. The van der Waals surface area contributed by atoms with E-state index >= 15 is 0 Å². The van der Waals surface area contributed by atoms with Gasteiger partial charge in [0.05, 0.1) is 6.33 Å². The van der Waals surface area contributed by atoms with E-state index in [1.165, 1.54) is 0 Å². The molecule has 0 aliphatic rings. The van der Waals surface area contributed by atoms with Crippen LogP contribution >= 0.6 is 0 Å². The van der Waals surface area contributed by atoms with Crippen molar-refractivity contribution in [3.8, 4) is 6.07 Å². The lowest BCUT2D eigenvalue weighted by Gasteiger charge is -2.07. The Morgan fingerprint density at radius 1 is 1.44 bits per heavy atom.